The lowest BCUT2D eigenvalue weighted by atomic mass is 10.1. The van der Waals surface area contributed by atoms with Gasteiger partial charge in [0, 0.05) is 17.6 Å². The Morgan fingerprint density at radius 2 is 1.77 bits per heavy atom. The van der Waals surface area contributed by atoms with Crippen LogP contribution in [0.1, 0.15) is 32.7 Å². The minimum atomic E-state index is -0.371. The maximum Gasteiger partial charge on any atom is 0.294 e. The van der Waals surface area contributed by atoms with Crippen LogP contribution in [0.3, 0.4) is 0 Å². The highest BCUT2D eigenvalue weighted by Crippen LogP contribution is 2.35. The number of amides is 1. The van der Waals surface area contributed by atoms with Crippen molar-refractivity contribution < 1.29 is 14.3 Å². The van der Waals surface area contributed by atoms with Crippen LogP contribution in [0.2, 0.25) is 0 Å². The van der Waals surface area contributed by atoms with Gasteiger partial charge in [-0.25, -0.2) is 9.67 Å². The molecule has 0 radical (unpaired) electrons. The molecular formula is C22H28N4O4S. The van der Waals surface area contributed by atoms with E-state index in [1.165, 1.54) is 16.0 Å². The lowest BCUT2D eigenvalue weighted by molar-refractivity contribution is -0.135. The number of carbonyl (C=O) groups excluding carboxylic acids is 1. The zero-order chi connectivity index (χ0) is 22.9. The average Bonchev–Trinajstić information content (AvgIpc) is 3.10. The first kappa shape index (κ1) is 22.7. The van der Waals surface area contributed by atoms with Crippen molar-refractivity contribution in [2.24, 2.45) is 0 Å². The summed E-state index contributed by atoms with van der Waals surface area (Å²) in [6, 6.07) is 5.47. The summed E-state index contributed by atoms with van der Waals surface area (Å²) in [5, 5.41) is 5.34. The van der Waals surface area contributed by atoms with Crippen LogP contribution in [0.15, 0.2) is 23.0 Å². The number of fused-ring (bicyclic) bond motifs is 1. The number of hydrogen-bond donors (Lipinski definition) is 0. The van der Waals surface area contributed by atoms with Crippen molar-refractivity contribution >= 4 is 27.5 Å². The third-order valence-corrected chi connectivity index (χ3v) is 5.93. The summed E-state index contributed by atoms with van der Waals surface area (Å²) in [5.74, 6) is 0.982. The molecule has 0 atom stereocenters. The fourth-order valence-electron chi connectivity index (χ4n) is 3.73. The summed E-state index contributed by atoms with van der Waals surface area (Å²) in [6.07, 6.45) is 0. The second-order valence-corrected chi connectivity index (χ2v) is 8.98. The van der Waals surface area contributed by atoms with Crippen LogP contribution in [0.25, 0.3) is 21.5 Å². The second-order valence-electron chi connectivity index (χ2n) is 7.78. The summed E-state index contributed by atoms with van der Waals surface area (Å²) < 4.78 is 12.6. The van der Waals surface area contributed by atoms with E-state index >= 15 is 0 Å². The molecule has 0 aliphatic rings. The van der Waals surface area contributed by atoms with Gasteiger partial charge in [0.05, 0.1) is 23.9 Å². The molecule has 31 heavy (non-hydrogen) atoms. The summed E-state index contributed by atoms with van der Waals surface area (Å²) >= 11 is 1.40. The van der Waals surface area contributed by atoms with E-state index in [2.05, 4.69) is 10.1 Å². The van der Waals surface area contributed by atoms with Gasteiger partial charge in [-0.1, -0.05) is 0 Å². The highest BCUT2D eigenvalue weighted by molar-refractivity contribution is 7.19. The van der Waals surface area contributed by atoms with Crippen molar-refractivity contribution in [1.29, 1.82) is 0 Å². The van der Waals surface area contributed by atoms with E-state index in [1.54, 1.807) is 31.3 Å². The first-order valence-electron chi connectivity index (χ1n) is 10.1. The lowest BCUT2D eigenvalue weighted by Gasteiger charge is -2.30. The molecule has 1 amide bonds. The lowest BCUT2D eigenvalue weighted by Crippen LogP contribution is -2.45. The number of rotatable bonds is 7. The highest BCUT2D eigenvalue weighted by Gasteiger charge is 2.23. The third kappa shape index (κ3) is 4.41. The molecule has 0 aliphatic heterocycles. The molecule has 3 aromatic rings. The van der Waals surface area contributed by atoms with Gasteiger partial charge in [-0.05, 0) is 52.8 Å². The smallest absolute Gasteiger partial charge is 0.294 e. The van der Waals surface area contributed by atoms with Crippen LogP contribution in [-0.4, -0.2) is 51.9 Å². The van der Waals surface area contributed by atoms with E-state index in [0.717, 1.165) is 10.6 Å². The van der Waals surface area contributed by atoms with Crippen molar-refractivity contribution in [2.75, 3.05) is 14.2 Å². The number of methoxy groups -OCH3 is 2. The van der Waals surface area contributed by atoms with Crippen LogP contribution < -0.4 is 15.0 Å². The van der Waals surface area contributed by atoms with E-state index in [4.69, 9.17) is 9.47 Å². The Kier molecular flexibility index (Phi) is 6.64. The van der Waals surface area contributed by atoms with Crippen LogP contribution >= 0.6 is 11.3 Å². The summed E-state index contributed by atoms with van der Waals surface area (Å²) in [4.78, 5) is 32.2. The third-order valence-electron chi connectivity index (χ3n) is 4.95. The molecule has 0 aliphatic carbocycles. The number of hydrogen-bond acceptors (Lipinski definition) is 7. The summed E-state index contributed by atoms with van der Waals surface area (Å²) in [5.41, 5.74) is 1.27. The zero-order valence-corrected chi connectivity index (χ0v) is 19.7. The number of aromatic nitrogens is 3. The van der Waals surface area contributed by atoms with Crippen molar-refractivity contribution in [2.45, 2.75) is 53.2 Å². The van der Waals surface area contributed by atoms with E-state index in [0.29, 0.717) is 27.4 Å². The van der Waals surface area contributed by atoms with Crippen LogP contribution in [-0.2, 0) is 11.3 Å². The number of thiazole rings is 1. The molecule has 0 saturated heterocycles. The molecule has 1 aromatic carbocycles. The minimum absolute atomic E-state index is 0.0127. The van der Waals surface area contributed by atoms with Gasteiger partial charge in [0.2, 0.25) is 5.91 Å². The Morgan fingerprint density at radius 3 is 2.35 bits per heavy atom. The monoisotopic (exact) mass is 444 g/mol. The van der Waals surface area contributed by atoms with Gasteiger partial charge < -0.3 is 14.4 Å². The maximum atomic E-state index is 13.1. The van der Waals surface area contributed by atoms with Gasteiger partial charge in [0.15, 0.2) is 17.0 Å². The minimum Gasteiger partial charge on any atom is -0.493 e. The van der Waals surface area contributed by atoms with Gasteiger partial charge in [0.1, 0.15) is 12.2 Å². The predicted octanol–water partition coefficient (Wildman–Crippen LogP) is 3.49. The van der Waals surface area contributed by atoms with Crippen molar-refractivity contribution in [3.63, 3.8) is 0 Å². The number of aryl methyl sites for hydroxylation is 1. The Morgan fingerprint density at radius 1 is 1.13 bits per heavy atom. The Hall–Kier alpha value is -2.94. The molecule has 8 nitrogen and oxygen atoms in total. The first-order chi connectivity index (χ1) is 14.7. The molecule has 0 saturated carbocycles. The molecule has 2 aromatic heterocycles. The van der Waals surface area contributed by atoms with Crippen molar-refractivity contribution in [1.82, 2.24) is 19.7 Å². The zero-order valence-electron chi connectivity index (χ0n) is 18.9. The van der Waals surface area contributed by atoms with Crippen molar-refractivity contribution in [3.8, 4) is 22.8 Å². The molecule has 9 heteroatoms. The SMILES string of the molecule is COc1ccc(-c2nn(CC(=O)N(C(C)C)C(C)C)c(=O)c3nc(C)sc23)cc1OC. The molecule has 0 spiro atoms. The van der Waals surface area contributed by atoms with Crippen LogP contribution in [0, 0.1) is 6.92 Å². The molecule has 2 heterocycles. The number of ether oxygens (including phenoxy) is 2. The average molecular weight is 445 g/mol. The molecule has 3 rings (SSSR count). The van der Waals surface area contributed by atoms with Gasteiger partial charge in [-0.3, -0.25) is 9.59 Å². The van der Waals surface area contributed by atoms with E-state index in [-0.39, 0.29) is 30.1 Å². The largest absolute Gasteiger partial charge is 0.493 e. The first-order valence-corrected chi connectivity index (χ1v) is 10.9. The highest BCUT2D eigenvalue weighted by atomic mass is 32.1. The van der Waals surface area contributed by atoms with Gasteiger partial charge in [0.25, 0.3) is 5.56 Å². The molecule has 166 valence electrons. The molecular weight excluding hydrogens is 416 g/mol. The second kappa shape index (κ2) is 9.05. The van der Waals surface area contributed by atoms with E-state index in [9.17, 15) is 9.59 Å². The number of benzene rings is 1. The van der Waals surface area contributed by atoms with Gasteiger partial charge in [-0.2, -0.15) is 5.10 Å². The van der Waals surface area contributed by atoms with E-state index in [1.807, 2.05) is 40.7 Å². The normalized spacial score (nSPS) is 11.4. The number of carbonyl (C=O) groups is 1. The molecule has 0 N–H and O–H groups in total. The molecule has 0 unspecified atom stereocenters. The quantitative estimate of drug-likeness (QED) is 0.554. The Labute approximate surface area is 185 Å². The Bertz CT molecular complexity index is 1160. The van der Waals surface area contributed by atoms with Gasteiger partial charge in [-0.15, -0.1) is 11.3 Å². The fourth-order valence-corrected chi connectivity index (χ4v) is 4.65. The Balaban J connectivity index is 2.17. The standard InChI is InChI=1S/C22H28N4O4S/c1-12(2)26(13(3)4)18(27)11-25-22(28)20-21(31-14(5)23-20)19(24-25)15-8-9-16(29-6)17(10-15)30-7/h8-10,12-13H,11H2,1-7H3. The fraction of sp³-hybridized carbons (Fsp3) is 0.455. The number of nitrogens with zero attached hydrogens (tertiary/aromatic N) is 4. The summed E-state index contributed by atoms with van der Waals surface area (Å²) in [6.45, 7) is 9.51. The predicted molar refractivity (Wildman–Crippen MR) is 122 cm³/mol. The molecule has 0 bridgehead atoms. The topological polar surface area (TPSA) is 86.6 Å². The van der Waals surface area contributed by atoms with Gasteiger partial charge >= 0.3 is 0 Å². The van der Waals surface area contributed by atoms with Crippen LogP contribution in [0.4, 0.5) is 0 Å². The van der Waals surface area contributed by atoms with Crippen molar-refractivity contribution in [3.05, 3.63) is 33.6 Å². The molecule has 0 fully saturated rings. The van der Waals surface area contributed by atoms with Crippen LogP contribution in [0.5, 0.6) is 11.5 Å². The summed E-state index contributed by atoms with van der Waals surface area (Å²) in [7, 11) is 3.13. The van der Waals surface area contributed by atoms with E-state index < -0.39 is 0 Å². The maximum absolute atomic E-state index is 13.1.